The quantitative estimate of drug-likeness (QED) is 0.573. The van der Waals surface area contributed by atoms with Gasteiger partial charge in [0.2, 0.25) is 0 Å². The number of benzene rings is 1. The van der Waals surface area contributed by atoms with Crippen LogP contribution in [0.4, 0.5) is 5.82 Å². The van der Waals surface area contributed by atoms with Crippen molar-refractivity contribution >= 4 is 33.3 Å². The smallest absolute Gasteiger partial charge is 0.303 e. The summed E-state index contributed by atoms with van der Waals surface area (Å²) in [6.07, 6.45) is 2.22. The number of carboxylic acid groups (broad SMARTS) is 1. The Bertz CT molecular complexity index is 906. The van der Waals surface area contributed by atoms with Crippen LogP contribution in [0.15, 0.2) is 30.6 Å². The van der Waals surface area contributed by atoms with Gasteiger partial charge in [0, 0.05) is 23.4 Å². The predicted octanol–water partition coefficient (Wildman–Crippen LogP) is 4.34. The van der Waals surface area contributed by atoms with E-state index in [4.69, 9.17) is 9.84 Å². The summed E-state index contributed by atoms with van der Waals surface area (Å²) in [5.41, 5.74) is 2.19. The number of carboxylic acids is 1. The summed E-state index contributed by atoms with van der Waals surface area (Å²) in [4.78, 5) is 21.5. The molecule has 0 aliphatic carbocycles. The number of anilines is 1. The van der Waals surface area contributed by atoms with Crippen molar-refractivity contribution in [1.82, 2.24) is 9.97 Å². The maximum absolute atomic E-state index is 10.7. The van der Waals surface area contributed by atoms with Gasteiger partial charge in [-0.15, -0.1) is 11.3 Å². The lowest BCUT2D eigenvalue weighted by molar-refractivity contribution is -0.137. The molecule has 0 saturated heterocycles. The molecule has 0 saturated carbocycles. The summed E-state index contributed by atoms with van der Waals surface area (Å²) in [5.74, 6) is 0.798. The van der Waals surface area contributed by atoms with E-state index in [1.54, 1.807) is 17.7 Å². The van der Waals surface area contributed by atoms with Crippen molar-refractivity contribution in [2.45, 2.75) is 26.7 Å². The number of aliphatic carboxylic acids is 1. The summed E-state index contributed by atoms with van der Waals surface area (Å²) in [5, 5.41) is 13.0. The van der Waals surface area contributed by atoms with Gasteiger partial charge < -0.3 is 15.2 Å². The van der Waals surface area contributed by atoms with Gasteiger partial charge in [0.05, 0.1) is 12.0 Å². The first-order valence-electron chi connectivity index (χ1n) is 8.53. The standard InChI is InChI=1S/C19H21N3O3S/c1-3-25-14-8-6-13(7-9-14)16-12(2)26-19-17(16)18(21-11-22-19)20-10-4-5-15(23)24/h6-9,11H,3-5,10H2,1-2H3,(H,23,24)(H,20,21,22). The van der Waals surface area contributed by atoms with E-state index in [0.29, 0.717) is 19.6 Å². The number of rotatable bonds is 8. The molecule has 6 nitrogen and oxygen atoms in total. The van der Waals surface area contributed by atoms with Crippen molar-refractivity contribution in [2.24, 2.45) is 0 Å². The lowest BCUT2D eigenvalue weighted by Crippen LogP contribution is -2.06. The van der Waals surface area contributed by atoms with Crippen molar-refractivity contribution in [3.63, 3.8) is 0 Å². The number of carbonyl (C=O) groups is 1. The summed E-state index contributed by atoms with van der Waals surface area (Å²) < 4.78 is 5.52. The molecule has 1 aromatic carbocycles. The van der Waals surface area contributed by atoms with Crippen LogP contribution in [-0.2, 0) is 4.79 Å². The fraction of sp³-hybridized carbons (Fsp3) is 0.316. The molecule has 3 aromatic rings. The van der Waals surface area contributed by atoms with E-state index in [9.17, 15) is 4.79 Å². The number of thiophene rings is 1. The van der Waals surface area contributed by atoms with E-state index in [1.165, 1.54) is 4.88 Å². The molecule has 0 unspecified atom stereocenters. The van der Waals surface area contributed by atoms with Gasteiger partial charge in [-0.2, -0.15) is 0 Å². The highest BCUT2D eigenvalue weighted by Gasteiger charge is 2.16. The maximum atomic E-state index is 10.7. The number of nitrogens with zero attached hydrogens (tertiary/aromatic N) is 2. The van der Waals surface area contributed by atoms with E-state index in [0.717, 1.165) is 32.9 Å². The molecule has 26 heavy (non-hydrogen) atoms. The van der Waals surface area contributed by atoms with Crippen LogP contribution >= 0.6 is 11.3 Å². The van der Waals surface area contributed by atoms with Gasteiger partial charge in [-0.1, -0.05) is 12.1 Å². The first-order chi connectivity index (χ1) is 12.6. The second kappa shape index (κ2) is 8.14. The topological polar surface area (TPSA) is 84.3 Å². The molecule has 136 valence electrons. The Balaban J connectivity index is 1.94. The van der Waals surface area contributed by atoms with Gasteiger partial charge in [-0.25, -0.2) is 9.97 Å². The zero-order chi connectivity index (χ0) is 18.5. The molecule has 0 fully saturated rings. The highest BCUT2D eigenvalue weighted by atomic mass is 32.1. The summed E-state index contributed by atoms with van der Waals surface area (Å²) in [6.45, 7) is 5.23. The number of fused-ring (bicyclic) bond motifs is 1. The Kier molecular flexibility index (Phi) is 5.68. The lowest BCUT2D eigenvalue weighted by Gasteiger charge is -2.09. The molecule has 7 heteroatoms. The third kappa shape index (κ3) is 3.94. The normalized spacial score (nSPS) is 10.8. The second-order valence-electron chi connectivity index (χ2n) is 5.82. The highest BCUT2D eigenvalue weighted by molar-refractivity contribution is 7.19. The molecular weight excluding hydrogens is 350 g/mol. The van der Waals surface area contributed by atoms with Crippen molar-refractivity contribution in [1.29, 1.82) is 0 Å². The van der Waals surface area contributed by atoms with Crippen LogP contribution in [0.1, 0.15) is 24.6 Å². The van der Waals surface area contributed by atoms with Gasteiger partial charge in [-0.3, -0.25) is 4.79 Å². The van der Waals surface area contributed by atoms with Gasteiger partial charge in [0.1, 0.15) is 22.7 Å². The number of aryl methyl sites for hydroxylation is 1. The van der Waals surface area contributed by atoms with Gasteiger partial charge in [0.15, 0.2) is 0 Å². The minimum atomic E-state index is -0.791. The molecule has 2 aromatic heterocycles. The largest absolute Gasteiger partial charge is 0.494 e. The SMILES string of the molecule is CCOc1ccc(-c2c(C)sc3ncnc(NCCCC(=O)O)c23)cc1. The first-order valence-corrected chi connectivity index (χ1v) is 9.34. The second-order valence-corrected chi connectivity index (χ2v) is 7.02. The number of hydrogen-bond acceptors (Lipinski definition) is 6. The van der Waals surface area contributed by atoms with Crippen molar-refractivity contribution in [2.75, 3.05) is 18.5 Å². The molecule has 0 aliphatic rings. The fourth-order valence-electron chi connectivity index (χ4n) is 2.86. The molecule has 2 heterocycles. The van der Waals surface area contributed by atoms with E-state index in [-0.39, 0.29) is 6.42 Å². The average molecular weight is 371 g/mol. The third-order valence-electron chi connectivity index (χ3n) is 3.98. The first kappa shape index (κ1) is 18.1. The molecule has 0 atom stereocenters. The fourth-order valence-corrected chi connectivity index (χ4v) is 3.87. The number of aromatic nitrogens is 2. The molecular formula is C19H21N3O3S. The zero-order valence-electron chi connectivity index (χ0n) is 14.8. The number of nitrogens with one attached hydrogen (secondary N) is 1. The van der Waals surface area contributed by atoms with Crippen LogP contribution in [0.5, 0.6) is 5.75 Å². The molecule has 3 rings (SSSR count). The van der Waals surface area contributed by atoms with E-state index in [1.807, 2.05) is 31.2 Å². The number of ether oxygens (including phenoxy) is 1. The summed E-state index contributed by atoms with van der Waals surface area (Å²) in [6, 6.07) is 8.01. The van der Waals surface area contributed by atoms with Crippen molar-refractivity contribution < 1.29 is 14.6 Å². The third-order valence-corrected chi connectivity index (χ3v) is 4.99. The Morgan fingerprint density at radius 2 is 2.04 bits per heavy atom. The average Bonchev–Trinajstić information content (AvgIpc) is 2.96. The Morgan fingerprint density at radius 1 is 1.27 bits per heavy atom. The van der Waals surface area contributed by atoms with Crippen LogP contribution in [0.2, 0.25) is 0 Å². The van der Waals surface area contributed by atoms with Crippen LogP contribution in [-0.4, -0.2) is 34.2 Å². The molecule has 0 bridgehead atoms. The molecule has 2 N–H and O–H groups in total. The van der Waals surface area contributed by atoms with Gasteiger partial charge in [-0.05, 0) is 38.0 Å². The maximum Gasteiger partial charge on any atom is 0.303 e. The van der Waals surface area contributed by atoms with Crippen molar-refractivity contribution in [3.8, 4) is 16.9 Å². The summed E-state index contributed by atoms with van der Waals surface area (Å²) >= 11 is 1.63. The van der Waals surface area contributed by atoms with Crippen LogP contribution in [0, 0.1) is 6.92 Å². The van der Waals surface area contributed by atoms with Crippen LogP contribution in [0.3, 0.4) is 0 Å². The van der Waals surface area contributed by atoms with Crippen LogP contribution < -0.4 is 10.1 Å². The monoisotopic (exact) mass is 371 g/mol. The Morgan fingerprint density at radius 3 is 2.73 bits per heavy atom. The Labute approximate surface area is 155 Å². The lowest BCUT2D eigenvalue weighted by atomic mass is 10.0. The Hall–Kier alpha value is -2.67. The molecule has 0 amide bonds. The molecule has 0 radical (unpaired) electrons. The van der Waals surface area contributed by atoms with Crippen molar-refractivity contribution in [3.05, 3.63) is 35.5 Å². The minimum Gasteiger partial charge on any atom is -0.494 e. The predicted molar refractivity (Wildman–Crippen MR) is 104 cm³/mol. The van der Waals surface area contributed by atoms with E-state index < -0.39 is 5.97 Å². The number of hydrogen-bond donors (Lipinski definition) is 2. The van der Waals surface area contributed by atoms with Gasteiger partial charge in [0.25, 0.3) is 0 Å². The zero-order valence-corrected chi connectivity index (χ0v) is 15.6. The highest BCUT2D eigenvalue weighted by Crippen LogP contribution is 2.40. The van der Waals surface area contributed by atoms with Crippen LogP contribution in [0.25, 0.3) is 21.3 Å². The van der Waals surface area contributed by atoms with E-state index in [2.05, 4.69) is 22.2 Å². The van der Waals surface area contributed by atoms with E-state index >= 15 is 0 Å². The van der Waals surface area contributed by atoms with Gasteiger partial charge >= 0.3 is 5.97 Å². The molecule has 0 spiro atoms. The molecule has 0 aliphatic heterocycles. The minimum absolute atomic E-state index is 0.135. The summed E-state index contributed by atoms with van der Waals surface area (Å²) in [7, 11) is 0.